The summed E-state index contributed by atoms with van der Waals surface area (Å²) in [6, 6.07) is 41.3. The van der Waals surface area contributed by atoms with Crippen molar-refractivity contribution in [1.29, 1.82) is 0 Å². The van der Waals surface area contributed by atoms with Crippen molar-refractivity contribution in [3.8, 4) is 0 Å². The molecule has 5 rings (SSSR count). The molecule has 9 atom stereocenters. The van der Waals surface area contributed by atoms with E-state index in [4.69, 9.17) is 45.1 Å². The molecule has 0 saturated carbocycles. The van der Waals surface area contributed by atoms with E-state index in [1.54, 1.807) is 48.5 Å². The topological polar surface area (TPSA) is 225 Å². The molecule has 85 heavy (non-hydrogen) atoms. The van der Waals surface area contributed by atoms with Crippen LogP contribution in [-0.2, 0) is 122 Å². The largest absolute Gasteiger partial charge is 2.00 e. The summed E-state index contributed by atoms with van der Waals surface area (Å²) in [5, 5.41) is 42.0. The van der Waals surface area contributed by atoms with E-state index in [0.29, 0.717) is 24.3 Å². The monoisotopic (exact) mass is 1460 g/mol. The zero-order valence-electron chi connectivity index (χ0n) is 55.6. The summed E-state index contributed by atoms with van der Waals surface area (Å²) in [6.45, 7) is 36.9. The molecule has 4 aromatic rings. The van der Waals surface area contributed by atoms with Crippen LogP contribution in [0.25, 0.3) is 0 Å². The van der Waals surface area contributed by atoms with Gasteiger partial charge in [-0.05, 0) is 113 Å². The third-order valence-corrected chi connectivity index (χ3v) is 12.1. The molecule has 0 amide bonds. The first-order valence-corrected chi connectivity index (χ1v) is 26.4. The SMILES string of the molecule is C.CCC1(O[C@H](c2ccccc2)[C@@H](C)N(C)C)O[C@H](c2ccccc2)[C@@H](C)[N+]1(C)C.CCOO.CCOO.CCOO.C[C@H]([C@H](O)c1ccccc1)N(C)C.C[C@H]([C@H](O)c1ccccc1)N(C)C.O=O.O=O.[CH2-]C.[CH2-]C.[CH2-]C.[CH2-]C.[Zn+2].[Zn+2].[Zn].[Zn].[Zn]. The van der Waals surface area contributed by atoms with Gasteiger partial charge in [0.05, 0.1) is 52.5 Å². The Hall–Kier alpha value is -1.36. The van der Waals surface area contributed by atoms with E-state index >= 15 is 0 Å². The maximum Gasteiger partial charge on any atom is 2.00 e. The number of benzene rings is 4. The van der Waals surface area contributed by atoms with Gasteiger partial charge < -0.3 is 52.6 Å². The molecule has 1 saturated heterocycles. The van der Waals surface area contributed by atoms with Crippen molar-refractivity contribution in [2.24, 2.45) is 0 Å². The van der Waals surface area contributed by atoms with Crippen LogP contribution in [0.3, 0.4) is 0 Å². The second kappa shape index (κ2) is 76.9. The van der Waals surface area contributed by atoms with Gasteiger partial charge in [0.2, 0.25) is 0 Å². The number of quaternary nitrogens is 1. The molecule has 0 aromatic heterocycles. The summed E-state index contributed by atoms with van der Waals surface area (Å²) in [4.78, 5) is 44.9. The molecule has 0 aliphatic carbocycles. The second-order valence-corrected chi connectivity index (χ2v) is 17.3. The van der Waals surface area contributed by atoms with Crippen LogP contribution in [-0.4, -0.2) is 151 Å². The van der Waals surface area contributed by atoms with Crippen LogP contribution in [0.4, 0.5) is 0 Å². The van der Waals surface area contributed by atoms with E-state index in [1.807, 2.05) is 113 Å². The predicted molar refractivity (Wildman–Crippen MR) is 334 cm³/mol. The Morgan fingerprint density at radius 1 is 0.506 bits per heavy atom. The van der Waals surface area contributed by atoms with Gasteiger partial charge in [-0.3, -0.25) is 29.7 Å². The fraction of sp³-hybridized carbons (Fsp3) is 0.548. The maximum absolute atomic E-state index is 9.92. The summed E-state index contributed by atoms with van der Waals surface area (Å²) in [7, 11) is 16.6. The van der Waals surface area contributed by atoms with Crippen LogP contribution < -0.4 is 0 Å². The molecule has 1 fully saturated rings. The standard InChI is InChI=1S/C25H37N2O2.2C11H17NO.3C2H6O2.4C2H5.CH4.2O2.5Zn/c1-8-25(28-23(19(2)26(4)5)21-15-11-9-12-16-21)27(6,7)20(3)24(29-25)22-17-13-10-14-18-22;2*1-9(12(2)3)11(13)10-7-5-4-6-8-10;3*1-2-4-3;4*1-2;;2*1-2;;;;;/h9-20,23-24H,8H2,1-7H3;2*4-9,11,13H,1-3H3;3*3H,2H2,1H3;4*1H2,2H3;1H4;;;;;;;/q+1;;;;;;4*-1;;;;;;;2*+2/t19-,20-,23+,24+,25?;2*9-,11+;;;;;;;;;;;;;;;/m111.............../s1. The number of aliphatic hydroxyl groups excluding tert-OH is 2. The van der Waals surface area contributed by atoms with E-state index in [-0.39, 0.29) is 141 Å². The molecule has 4 aromatic carbocycles. The van der Waals surface area contributed by atoms with Crippen molar-refractivity contribution in [3.05, 3.63) is 191 Å². The summed E-state index contributed by atoms with van der Waals surface area (Å²) in [5.74, 6) is -0.718. The predicted octanol–water partition coefficient (Wildman–Crippen LogP) is 13.9. The first kappa shape index (κ1) is 114. The van der Waals surface area contributed by atoms with Gasteiger partial charge in [0, 0.05) is 96.4 Å². The van der Waals surface area contributed by atoms with Crippen LogP contribution in [0.2, 0.25) is 0 Å². The van der Waals surface area contributed by atoms with E-state index in [1.165, 1.54) is 11.1 Å². The summed E-state index contributed by atoms with van der Waals surface area (Å²) < 4.78 is 14.5. The van der Waals surface area contributed by atoms with Gasteiger partial charge in [-0.2, -0.15) is 27.7 Å². The van der Waals surface area contributed by atoms with Crippen LogP contribution in [0, 0.1) is 47.6 Å². The Morgan fingerprint density at radius 2 is 0.741 bits per heavy atom. The van der Waals surface area contributed by atoms with E-state index in [0.717, 1.165) is 17.5 Å². The molecule has 0 bridgehead atoms. The van der Waals surface area contributed by atoms with Gasteiger partial charge in [-0.25, -0.2) is 14.7 Å². The molecule has 474 valence electrons. The molecular weight excluding hydrogens is 1350 g/mol. The molecule has 0 radical (unpaired) electrons. The number of ether oxygens (including phenoxy) is 2. The van der Waals surface area contributed by atoms with Gasteiger partial charge >= 0.3 is 44.9 Å². The minimum absolute atomic E-state index is 0. The third-order valence-electron chi connectivity index (χ3n) is 12.1. The van der Waals surface area contributed by atoms with Crippen molar-refractivity contribution in [2.45, 2.75) is 151 Å². The molecule has 1 aliphatic rings. The van der Waals surface area contributed by atoms with Crippen LogP contribution in [0.1, 0.15) is 144 Å². The van der Waals surface area contributed by atoms with Crippen LogP contribution in [0.5, 0.6) is 0 Å². The molecule has 1 unspecified atom stereocenters. The van der Waals surface area contributed by atoms with E-state index < -0.39 is 18.1 Å². The zero-order valence-corrected chi connectivity index (χ0v) is 70.4. The summed E-state index contributed by atoms with van der Waals surface area (Å²) in [6.07, 6.45) is -0.133. The van der Waals surface area contributed by atoms with Crippen molar-refractivity contribution in [2.75, 3.05) is 76.2 Å². The Bertz CT molecular complexity index is 1750. The van der Waals surface area contributed by atoms with E-state index in [2.05, 4.69) is 157 Å². The Kier molecular flexibility index (Phi) is 104. The number of likely N-dealkylation sites (N-methyl/N-ethyl adjacent to an activating group) is 4. The molecular formula is C62H113N4O14Zn5+. The van der Waals surface area contributed by atoms with Crippen molar-refractivity contribution in [3.63, 3.8) is 0 Å². The molecule has 18 nitrogen and oxygen atoms in total. The third kappa shape index (κ3) is 48.2. The van der Waals surface area contributed by atoms with Crippen molar-refractivity contribution < 1.29 is 152 Å². The fourth-order valence-corrected chi connectivity index (χ4v) is 6.79. The maximum atomic E-state index is 9.92. The van der Waals surface area contributed by atoms with Gasteiger partial charge in [0.15, 0.2) is 0 Å². The zero-order chi connectivity index (χ0) is 63.2. The van der Waals surface area contributed by atoms with Crippen LogP contribution in [0.15, 0.2) is 121 Å². The fourth-order valence-electron chi connectivity index (χ4n) is 6.79. The van der Waals surface area contributed by atoms with Crippen molar-refractivity contribution >= 4 is 0 Å². The van der Waals surface area contributed by atoms with Gasteiger partial charge in [0.25, 0.3) is 0 Å². The minimum Gasteiger partial charge on any atom is -0.387 e. The Balaban J connectivity index is -0.0000000719. The number of rotatable bonds is 16. The average Bonchev–Trinajstić information content (AvgIpc) is 3.72. The normalized spacial score (nSPS) is 16.0. The van der Waals surface area contributed by atoms with Gasteiger partial charge in [0.1, 0.15) is 18.2 Å². The second-order valence-electron chi connectivity index (χ2n) is 17.3. The average molecular weight is 1470 g/mol. The van der Waals surface area contributed by atoms with Gasteiger partial charge in [-0.1, -0.05) is 136 Å². The van der Waals surface area contributed by atoms with E-state index in [9.17, 15) is 10.2 Å². The molecule has 1 aliphatic heterocycles. The number of aliphatic hydroxyl groups is 2. The molecule has 1 heterocycles. The van der Waals surface area contributed by atoms with Crippen LogP contribution >= 0.6 is 0 Å². The van der Waals surface area contributed by atoms with Crippen molar-refractivity contribution in [1.82, 2.24) is 14.7 Å². The number of nitrogens with zero attached hydrogens (tertiary/aromatic N) is 4. The quantitative estimate of drug-likeness (QED) is 0.0231. The summed E-state index contributed by atoms with van der Waals surface area (Å²) in [5.41, 5.74) is 4.34. The smallest absolute Gasteiger partial charge is 0.387 e. The minimum atomic E-state index is -0.718. The number of hydrogen-bond donors (Lipinski definition) is 5. The molecule has 0 spiro atoms. The Labute approximate surface area is 580 Å². The summed E-state index contributed by atoms with van der Waals surface area (Å²) >= 11 is 0. The Morgan fingerprint density at radius 3 is 0.965 bits per heavy atom. The first-order valence-electron chi connectivity index (χ1n) is 26.4. The number of hydrogen-bond acceptors (Lipinski definition) is 17. The molecule has 23 heteroatoms. The van der Waals surface area contributed by atoms with Gasteiger partial charge in [-0.15, -0.1) is 0 Å². The molecule has 5 N–H and O–H groups in total. The first-order chi connectivity index (χ1) is 37.7.